The molecule has 1 rings (SSSR count). The van der Waals surface area contributed by atoms with Gasteiger partial charge in [-0.05, 0) is 45.1 Å². The van der Waals surface area contributed by atoms with Gasteiger partial charge in [0.2, 0.25) is 0 Å². The first-order valence-corrected chi connectivity index (χ1v) is 9.28. The highest BCUT2D eigenvalue weighted by molar-refractivity contribution is 7.91. The van der Waals surface area contributed by atoms with E-state index in [9.17, 15) is 8.42 Å². The summed E-state index contributed by atoms with van der Waals surface area (Å²) in [5, 5.41) is 4.41. The molecule has 1 aromatic rings. The third kappa shape index (κ3) is 5.41. The zero-order valence-electron chi connectivity index (χ0n) is 13.5. The van der Waals surface area contributed by atoms with Crippen LogP contribution in [-0.2, 0) is 23.3 Å². The Balaban J connectivity index is 2.48. The molecule has 0 bridgehead atoms. The van der Waals surface area contributed by atoms with E-state index < -0.39 is 9.84 Å². The minimum atomic E-state index is -2.88. The summed E-state index contributed by atoms with van der Waals surface area (Å²) in [4.78, 5) is 0. The largest absolute Gasteiger partial charge is 0.272 e. The molecule has 1 unspecified atom stereocenters. The molecule has 1 atom stereocenters. The van der Waals surface area contributed by atoms with Crippen LogP contribution in [0.1, 0.15) is 43.1 Å². The van der Waals surface area contributed by atoms with E-state index in [1.54, 1.807) is 6.92 Å². The maximum Gasteiger partial charge on any atom is 0.150 e. The van der Waals surface area contributed by atoms with Crippen molar-refractivity contribution < 1.29 is 8.42 Å². The van der Waals surface area contributed by atoms with Gasteiger partial charge in [0.25, 0.3) is 0 Å². The second kappa shape index (κ2) is 7.91. The first-order valence-electron chi connectivity index (χ1n) is 7.46. The van der Waals surface area contributed by atoms with E-state index in [0.717, 1.165) is 25.0 Å². The zero-order valence-corrected chi connectivity index (χ0v) is 14.3. The number of aryl methyl sites for hydroxylation is 2. The van der Waals surface area contributed by atoms with Crippen molar-refractivity contribution in [3.8, 4) is 0 Å². The van der Waals surface area contributed by atoms with Gasteiger partial charge < -0.3 is 0 Å². The summed E-state index contributed by atoms with van der Waals surface area (Å²) in [6.45, 7) is 5.76. The highest BCUT2D eigenvalue weighted by Crippen LogP contribution is 2.16. The Kier molecular flexibility index (Phi) is 6.83. The lowest BCUT2D eigenvalue weighted by Gasteiger charge is -2.15. The number of hydrazine groups is 1. The normalized spacial score (nSPS) is 13.6. The van der Waals surface area contributed by atoms with Crippen LogP contribution in [0.4, 0.5) is 0 Å². The summed E-state index contributed by atoms with van der Waals surface area (Å²) in [5.41, 5.74) is 6.30. The average Bonchev–Trinajstić information content (AvgIpc) is 2.68. The highest BCUT2D eigenvalue weighted by atomic mass is 32.2. The van der Waals surface area contributed by atoms with Crippen LogP contribution in [0.3, 0.4) is 0 Å². The molecule has 0 fully saturated rings. The van der Waals surface area contributed by atoms with Gasteiger partial charge in [0.05, 0.1) is 11.4 Å². The zero-order chi connectivity index (χ0) is 16.0. The number of rotatable bonds is 9. The molecule has 1 aromatic heterocycles. The van der Waals surface area contributed by atoms with Crippen LogP contribution in [0.25, 0.3) is 0 Å². The van der Waals surface area contributed by atoms with Crippen LogP contribution in [0.2, 0.25) is 0 Å². The van der Waals surface area contributed by atoms with E-state index in [0.29, 0.717) is 6.42 Å². The van der Waals surface area contributed by atoms with Gasteiger partial charge in [-0.25, -0.2) is 8.42 Å². The van der Waals surface area contributed by atoms with Crippen molar-refractivity contribution in [1.82, 2.24) is 15.2 Å². The fraction of sp³-hybridized carbons (Fsp3) is 0.786. The molecular weight excluding hydrogens is 288 g/mol. The molecule has 0 radical (unpaired) electrons. The summed E-state index contributed by atoms with van der Waals surface area (Å²) in [5.74, 6) is 6.03. The molecular formula is C14H28N4O2S. The predicted molar refractivity (Wildman–Crippen MR) is 85.7 cm³/mol. The lowest BCUT2D eigenvalue weighted by molar-refractivity contribution is 0.458. The van der Waals surface area contributed by atoms with Crippen LogP contribution in [-0.4, -0.2) is 35.7 Å². The van der Waals surface area contributed by atoms with Crippen molar-refractivity contribution in [2.75, 3.05) is 11.5 Å². The van der Waals surface area contributed by atoms with E-state index in [4.69, 9.17) is 5.84 Å². The van der Waals surface area contributed by atoms with Gasteiger partial charge in [-0.15, -0.1) is 0 Å². The van der Waals surface area contributed by atoms with Crippen LogP contribution in [0.15, 0.2) is 0 Å². The molecule has 0 aliphatic carbocycles. The van der Waals surface area contributed by atoms with Crippen LogP contribution < -0.4 is 11.3 Å². The quantitative estimate of drug-likeness (QED) is 0.524. The monoisotopic (exact) mass is 316 g/mol. The van der Waals surface area contributed by atoms with E-state index in [-0.39, 0.29) is 17.5 Å². The third-order valence-corrected chi connectivity index (χ3v) is 5.88. The summed E-state index contributed by atoms with van der Waals surface area (Å²) in [6.07, 6.45) is 3.21. The van der Waals surface area contributed by atoms with E-state index >= 15 is 0 Å². The molecule has 122 valence electrons. The SMILES string of the molecule is CCS(=O)(=O)CCCC(CCc1c(C)nn(C)c1C)NN. The van der Waals surface area contributed by atoms with Crippen LogP contribution in [0, 0.1) is 13.8 Å². The molecule has 1 heterocycles. The van der Waals surface area contributed by atoms with Gasteiger partial charge in [0.1, 0.15) is 9.84 Å². The topological polar surface area (TPSA) is 90.0 Å². The van der Waals surface area contributed by atoms with Crippen molar-refractivity contribution in [2.24, 2.45) is 12.9 Å². The molecule has 7 heteroatoms. The number of aromatic nitrogens is 2. The maximum atomic E-state index is 11.5. The fourth-order valence-electron chi connectivity index (χ4n) is 2.50. The maximum absolute atomic E-state index is 11.5. The second-order valence-electron chi connectivity index (χ2n) is 5.55. The molecule has 0 aromatic carbocycles. The molecule has 0 aliphatic heterocycles. The first-order chi connectivity index (χ1) is 9.80. The highest BCUT2D eigenvalue weighted by Gasteiger charge is 2.14. The third-order valence-electron chi connectivity index (χ3n) is 4.09. The van der Waals surface area contributed by atoms with Gasteiger partial charge in [-0.2, -0.15) is 5.10 Å². The van der Waals surface area contributed by atoms with E-state index in [1.807, 2.05) is 18.7 Å². The molecule has 6 nitrogen and oxygen atoms in total. The minimum absolute atomic E-state index is 0.135. The minimum Gasteiger partial charge on any atom is -0.272 e. The second-order valence-corrected chi connectivity index (χ2v) is 8.03. The van der Waals surface area contributed by atoms with Gasteiger partial charge in [-0.1, -0.05) is 6.92 Å². The lowest BCUT2D eigenvalue weighted by atomic mass is 10.0. The average molecular weight is 316 g/mol. The lowest BCUT2D eigenvalue weighted by Crippen LogP contribution is -2.35. The smallest absolute Gasteiger partial charge is 0.150 e. The molecule has 0 saturated heterocycles. The fourth-order valence-corrected chi connectivity index (χ4v) is 3.40. The molecule has 0 aliphatic rings. The van der Waals surface area contributed by atoms with Crippen molar-refractivity contribution >= 4 is 9.84 Å². The van der Waals surface area contributed by atoms with Crippen LogP contribution >= 0.6 is 0 Å². The van der Waals surface area contributed by atoms with Crippen molar-refractivity contribution in [2.45, 2.75) is 52.5 Å². The molecule has 0 spiro atoms. The molecule has 21 heavy (non-hydrogen) atoms. The molecule has 0 saturated carbocycles. The number of nitrogens with two attached hydrogens (primary N) is 1. The Hall–Kier alpha value is -0.920. The molecule has 3 N–H and O–H groups in total. The number of nitrogens with zero attached hydrogens (tertiary/aromatic N) is 2. The number of sulfone groups is 1. The first kappa shape index (κ1) is 18.1. The Morgan fingerprint density at radius 1 is 1.33 bits per heavy atom. The number of hydrogen-bond acceptors (Lipinski definition) is 5. The van der Waals surface area contributed by atoms with Gasteiger partial charge in [-0.3, -0.25) is 16.0 Å². The summed E-state index contributed by atoms with van der Waals surface area (Å²) in [6, 6.07) is 0.135. The van der Waals surface area contributed by atoms with Gasteiger partial charge >= 0.3 is 0 Å². The van der Waals surface area contributed by atoms with Crippen molar-refractivity contribution in [1.29, 1.82) is 0 Å². The van der Waals surface area contributed by atoms with Gasteiger partial charge in [0.15, 0.2) is 0 Å². The predicted octanol–water partition coefficient (Wildman–Crippen LogP) is 1.02. The number of nitrogens with one attached hydrogen (secondary N) is 1. The number of hydrogen-bond donors (Lipinski definition) is 2. The molecule has 0 amide bonds. The Morgan fingerprint density at radius 3 is 2.48 bits per heavy atom. The van der Waals surface area contributed by atoms with Crippen molar-refractivity contribution in [3.05, 3.63) is 17.0 Å². The van der Waals surface area contributed by atoms with E-state index in [1.165, 1.54) is 11.3 Å². The van der Waals surface area contributed by atoms with Crippen molar-refractivity contribution in [3.63, 3.8) is 0 Å². The van der Waals surface area contributed by atoms with Crippen LogP contribution in [0.5, 0.6) is 0 Å². The summed E-state index contributed by atoms with van der Waals surface area (Å²) >= 11 is 0. The Morgan fingerprint density at radius 2 is 2.00 bits per heavy atom. The Labute approximate surface area is 128 Å². The standard InChI is InChI=1S/C14H28N4O2S/c1-5-21(19,20)10-6-7-13(16-15)8-9-14-11(2)17-18(4)12(14)3/h13,16H,5-10,15H2,1-4H3. The Bertz CT molecular complexity index is 552. The summed E-state index contributed by atoms with van der Waals surface area (Å²) in [7, 11) is -0.938. The van der Waals surface area contributed by atoms with Gasteiger partial charge in [0, 0.05) is 24.5 Å². The summed E-state index contributed by atoms with van der Waals surface area (Å²) < 4.78 is 24.8. The van der Waals surface area contributed by atoms with E-state index in [2.05, 4.69) is 17.4 Å².